The number of aryl methyl sites for hydroxylation is 1. The average Bonchev–Trinajstić information content (AvgIpc) is 3.23. The first-order valence-electron chi connectivity index (χ1n) is 7.62. The zero-order valence-corrected chi connectivity index (χ0v) is 16.5. The molecule has 0 bridgehead atoms. The molecule has 0 spiro atoms. The largest absolute Gasteiger partial charge is 0.298 e. The van der Waals surface area contributed by atoms with Gasteiger partial charge in [0.2, 0.25) is 0 Å². The van der Waals surface area contributed by atoms with Crippen molar-refractivity contribution in [2.45, 2.75) is 11.8 Å². The van der Waals surface area contributed by atoms with Crippen molar-refractivity contribution in [2.24, 2.45) is 0 Å². The van der Waals surface area contributed by atoms with Crippen LogP contribution in [0.4, 0.5) is 5.13 Å². The first-order chi connectivity index (χ1) is 12.3. The van der Waals surface area contributed by atoms with Crippen LogP contribution < -0.4 is 5.32 Å². The number of benzene rings is 1. The van der Waals surface area contributed by atoms with Crippen LogP contribution >= 0.6 is 22.7 Å². The molecule has 0 aliphatic carbocycles. The van der Waals surface area contributed by atoms with E-state index < -0.39 is 9.84 Å². The highest BCUT2D eigenvalue weighted by Gasteiger charge is 2.15. The smallest absolute Gasteiger partial charge is 0.258 e. The maximum atomic E-state index is 12.8. The summed E-state index contributed by atoms with van der Waals surface area (Å²) in [7, 11) is -3.29. The van der Waals surface area contributed by atoms with E-state index in [4.69, 9.17) is 0 Å². The molecule has 3 rings (SSSR count). The van der Waals surface area contributed by atoms with Crippen LogP contribution in [0, 0.1) is 6.92 Å². The molecule has 0 fully saturated rings. The Hall–Kier alpha value is -2.29. The molecule has 0 saturated heterocycles. The minimum absolute atomic E-state index is 0.216. The van der Waals surface area contributed by atoms with Gasteiger partial charge in [0.15, 0.2) is 15.0 Å². The Bertz CT molecular complexity index is 1050. The summed E-state index contributed by atoms with van der Waals surface area (Å²) in [5.74, 6) is -0.293. The van der Waals surface area contributed by atoms with Crippen LogP contribution in [0.2, 0.25) is 0 Å². The molecule has 0 aliphatic rings. The molecule has 1 N–H and O–H groups in total. The summed E-state index contributed by atoms with van der Waals surface area (Å²) in [6.45, 7) is 2.00. The Labute approximate surface area is 160 Å². The number of thiazole rings is 1. The average molecular weight is 405 g/mol. The van der Waals surface area contributed by atoms with E-state index in [1.807, 2.05) is 19.1 Å². The van der Waals surface area contributed by atoms with E-state index in [1.165, 1.54) is 23.5 Å². The quantitative estimate of drug-likeness (QED) is 0.650. The third-order valence-electron chi connectivity index (χ3n) is 3.54. The minimum Gasteiger partial charge on any atom is -0.298 e. The normalized spacial score (nSPS) is 12.2. The summed E-state index contributed by atoms with van der Waals surface area (Å²) in [5, 5.41) is 5.07. The molecule has 0 saturated carbocycles. The summed E-state index contributed by atoms with van der Waals surface area (Å²) in [6, 6.07) is 10.2. The molecule has 1 aromatic carbocycles. The molecule has 2 heterocycles. The second-order valence-corrected chi connectivity index (χ2v) is 9.82. The van der Waals surface area contributed by atoms with Crippen LogP contribution in [0.1, 0.15) is 15.3 Å². The number of rotatable bonds is 5. The van der Waals surface area contributed by atoms with Crippen molar-refractivity contribution in [2.75, 3.05) is 11.6 Å². The van der Waals surface area contributed by atoms with Crippen molar-refractivity contribution in [3.05, 3.63) is 63.3 Å². The van der Waals surface area contributed by atoms with Gasteiger partial charge in [-0.3, -0.25) is 10.1 Å². The highest BCUT2D eigenvalue weighted by atomic mass is 32.2. The molecule has 0 aliphatic heterocycles. The zero-order valence-electron chi connectivity index (χ0n) is 14.1. The summed E-state index contributed by atoms with van der Waals surface area (Å²) in [6.07, 6.45) is 4.58. The number of aromatic nitrogens is 1. The van der Waals surface area contributed by atoms with Crippen LogP contribution in [-0.2, 0) is 14.6 Å². The molecule has 0 unspecified atom stereocenters. The van der Waals surface area contributed by atoms with Crippen molar-refractivity contribution >= 4 is 55.2 Å². The van der Waals surface area contributed by atoms with Gasteiger partial charge in [-0.1, -0.05) is 12.1 Å². The maximum Gasteiger partial charge on any atom is 0.258 e. The number of amides is 1. The number of sulfone groups is 1. The number of carbonyl (C=O) groups is 1. The number of nitrogens with one attached hydrogen (secondary N) is 1. The Morgan fingerprint density at radius 1 is 1.15 bits per heavy atom. The van der Waals surface area contributed by atoms with Gasteiger partial charge in [0.05, 0.1) is 4.90 Å². The Morgan fingerprint density at radius 3 is 2.42 bits per heavy atom. The first kappa shape index (κ1) is 18.5. The van der Waals surface area contributed by atoms with E-state index in [1.54, 1.807) is 41.1 Å². The monoisotopic (exact) mass is 404 g/mol. The van der Waals surface area contributed by atoms with E-state index in [-0.39, 0.29) is 10.8 Å². The predicted molar refractivity (Wildman–Crippen MR) is 107 cm³/mol. The standard InChI is InChI=1S/C18H16N2O3S3/c1-12-3-6-14(25-12)11-16(17(21)20-18-19-9-10-24-18)13-4-7-15(8-5-13)26(2,22)23/h3-11H,1-2H3,(H,19,20,21)/b16-11-. The fourth-order valence-corrected chi connectivity index (χ4v) is 4.26. The lowest BCUT2D eigenvalue weighted by atomic mass is 10.0. The Balaban J connectivity index is 1.99. The topological polar surface area (TPSA) is 76.1 Å². The van der Waals surface area contributed by atoms with Gasteiger partial charge in [0.25, 0.3) is 5.91 Å². The van der Waals surface area contributed by atoms with Gasteiger partial charge in [0.1, 0.15) is 0 Å². The molecular weight excluding hydrogens is 388 g/mol. The van der Waals surface area contributed by atoms with Crippen molar-refractivity contribution in [3.8, 4) is 0 Å². The van der Waals surface area contributed by atoms with E-state index >= 15 is 0 Å². The summed E-state index contributed by atoms with van der Waals surface area (Å²) < 4.78 is 23.3. The van der Waals surface area contributed by atoms with Crippen molar-refractivity contribution < 1.29 is 13.2 Å². The maximum absolute atomic E-state index is 12.8. The molecule has 3 aromatic rings. The fourth-order valence-electron chi connectivity index (χ4n) is 2.28. The number of hydrogen-bond acceptors (Lipinski definition) is 6. The first-order valence-corrected chi connectivity index (χ1v) is 11.2. The van der Waals surface area contributed by atoms with Gasteiger partial charge in [-0.15, -0.1) is 22.7 Å². The van der Waals surface area contributed by atoms with Crippen LogP contribution in [0.3, 0.4) is 0 Å². The van der Waals surface area contributed by atoms with Gasteiger partial charge < -0.3 is 0 Å². The number of hydrogen-bond donors (Lipinski definition) is 1. The molecule has 1 amide bonds. The minimum atomic E-state index is -3.29. The molecule has 8 heteroatoms. The van der Waals surface area contributed by atoms with Crippen LogP contribution in [-0.4, -0.2) is 25.6 Å². The zero-order chi connectivity index (χ0) is 18.7. The van der Waals surface area contributed by atoms with E-state index in [9.17, 15) is 13.2 Å². The third kappa shape index (κ3) is 4.46. The van der Waals surface area contributed by atoms with Crippen molar-refractivity contribution in [1.82, 2.24) is 4.98 Å². The lowest BCUT2D eigenvalue weighted by Gasteiger charge is -2.08. The number of thiophene rings is 1. The number of anilines is 1. The molecule has 26 heavy (non-hydrogen) atoms. The fraction of sp³-hybridized carbons (Fsp3) is 0.111. The van der Waals surface area contributed by atoms with Gasteiger partial charge >= 0.3 is 0 Å². The molecule has 2 aromatic heterocycles. The van der Waals surface area contributed by atoms with Crippen molar-refractivity contribution in [3.63, 3.8) is 0 Å². The Kier molecular flexibility index (Phi) is 5.36. The highest BCUT2D eigenvalue weighted by Crippen LogP contribution is 2.26. The Morgan fingerprint density at radius 2 is 1.88 bits per heavy atom. The third-order valence-corrected chi connectivity index (χ3v) is 6.30. The second kappa shape index (κ2) is 7.53. The molecule has 0 radical (unpaired) electrons. The van der Waals surface area contributed by atoms with E-state index in [0.29, 0.717) is 16.3 Å². The summed E-state index contributed by atoms with van der Waals surface area (Å²) >= 11 is 2.91. The summed E-state index contributed by atoms with van der Waals surface area (Å²) in [5.41, 5.74) is 1.08. The summed E-state index contributed by atoms with van der Waals surface area (Å²) in [4.78, 5) is 19.2. The molecule has 0 atom stereocenters. The highest BCUT2D eigenvalue weighted by molar-refractivity contribution is 7.90. The van der Waals surface area contributed by atoms with Crippen molar-refractivity contribution in [1.29, 1.82) is 0 Å². The molecule has 5 nitrogen and oxygen atoms in total. The second-order valence-electron chi connectivity index (χ2n) is 5.59. The van der Waals surface area contributed by atoms with Gasteiger partial charge in [0, 0.05) is 33.2 Å². The number of carbonyl (C=O) groups excluding carboxylic acids is 1. The van der Waals surface area contributed by atoms with Crippen LogP contribution in [0.5, 0.6) is 0 Å². The van der Waals surface area contributed by atoms with Crippen LogP contribution in [0.25, 0.3) is 11.6 Å². The van der Waals surface area contributed by atoms with Gasteiger partial charge in [-0.05, 0) is 42.8 Å². The van der Waals surface area contributed by atoms with Gasteiger partial charge in [-0.25, -0.2) is 13.4 Å². The lowest BCUT2D eigenvalue weighted by molar-refractivity contribution is -0.111. The van der Waals surface area contributed by atoms with E-state index in [2.05, 4.69) is 10.3 Å². The molecule has 134 valence electrons. The number of nitrogens with zero attached hydrogens (tertiary/aromatic N) is 1. The van der Waals surface area contributed by atoms with Crippen LogP contribution in [0.15, 0.2) is 52.9 Å². The lowest BCUT2D eigenvalue weighted by Crippen LogP contribution is -2.13. The van der Waals surface area contributed by atoms with Gasteiger partial charge in [-0.2, -0.15) is 0 Å². The predicted octanol–water partition coefficient (Wildman–Crippen LogP) is 4.10. The molecular formula is C18H16N2O3S3. The SMILES string of the molecule is Cc1ccc(/C=C(\C(=O)Nc2nccs2)c2ccc(S(C)(=O)=O)cc2)s1. The van der Waals surface area contributed by atoms with E-state index in [0.717, 1.165) is 16.0 Å².